The summed E-state index contributed by atoms with van der Waals surface area (Å²) < 4.78 is 0. The zero-order chi connectivity index (χ0) is 15.4. The first-order chi connectivity index (χ1) is 10.8. The number of carbonyl (C=O) groups is 2. The van der Waals surface area contributed by atoms with E-state index in [0.29, 0.717) is 12.1 Å². The first-order valence-electron chi connectivity index (χ1n) is 8.56. The highest BCUT2D eigenvalue weighted by molar-refractivity contribution is 6.02. The van der Waals surface area contributed by atoms with E-state index in [1.807, 2.05) is 0 Å². The van der Waals surface area contributed by atoms with E-state index in [0.717, 1.165) is 18.9 Å². The molecule has 2 aliphatic carbocycles. The van der Waals surface area contributed by atoms with Crippen LogP contribution in [0.1, 0.15) is 61.9 Å². The molecule has 6 heteroatoms. The Balaban J connectivity index is 0.00000192. The number of carbonyl (C=O) groups excluding carboxylic acids is 2. The van der Waals surface area contributed by atoms with Gasteiger partial charge in [0.05, 0.1) is 12.5 Å². The van der Waals surface area contributed by atoms with Crippen LogP contribution in [0.4, 0.5) is 0 Å². The molecule has 5 nitrogen and oxygen atoms in total. The predicted molar refractivity (Wildman–Crippen MR) is 90.6 cm³/mol. The lowest BCUT2D eigenvalue weighted by atomic mass is 9.86. The number of H-pyrrole nitrogens is 1. The van der Waals surface area contributed by atoms with E-state index in [2.05, 4.69) is 15.3 Å². The van der Waals surface area contributed by atoms with E-state index < -0.39 is 0 Å². The number of nitrogens with zero attached hydrogens (tertiary/aromatic N) is 1. The van der Waals surface area contributed by atoms with Gasteiger partial charge in [-0.05, 0) is 25.2 Å². The van der Waals surface area contributed by atoms with Gasteiger partial charge in [0.2, 0.25) is 5.91 Å². The molecular weight excluding hydrogens is 314 g/mol. The molecular formula is C17H26ClN3O2. The molecule has 1 heterocycles. The summed E-state index contributed by atoms with van der Waals surface area (Å²) in [7, 11) is 0. The average Bonchev–Trinajstić information content (AvgIpc) is 3.16. The maximum Gasteiger partial charge on any atom is 0.223 e. The standard InChI is InChI=1S/C17H25N3O2.ClH/c21-16(15-10-18-11-20-15)13-9-14(13)17(22)19-8-4-7-12-5-2-1-3-6-12;/h10-14H,1-9H2,(H,18,20)(H,19,22);1H/t13-,14+;/m1./s1. The first-order valence-corrected chi connectivity index (χ1v) is 8.56. The van der Waals surface area contributed by atoms with Crippen LogP contribution in [0.5, 0.6) is 0 Å². The SMILES string of the molecule is Cl.O=C(NCCCC1CCCCC1)[C@H]1C[C@H]1C(=O)c1cnc[nH]1. The normalized spacial score (nSPS) is 23.8. The summed E-state index contributed by atoms with van der Waals surface area (Å²) in [5, 5.41) is 3.00. The Labute approximate surface area is 143 Å². The summed E-state index contributed by atoms with van der Waals surface area (Å²) in [6, 6.07) is 0. The number of halogens is 1. The number of aromatic amines is 1. The molecule has 2 atom stereocenters. The molecule has 0 spiro atoms. The zero-order valence-electron chi connectivity index (χ0n) is 13.4. The summed E-state index contributed by atoms with van der Waals surface area (Å²) in [6.07, 6.45) is 12.8. The predicted octanol–water partition coefficient (Wildman–Crippen LogP) is 3.13. The van der Waals surface area contributed by atoms with E-state index >= 15 is 0 Å². The Kier molecular flexibility index (Phi) is 6.63. The molecule has 1 aromatic heterocycles. The summed E-state index contributed by atoms with van der Waals surface area (Å²) in [5.41, 5.74) is 0.512. The van der Waals surface area contributed by atoms with Crippen LogP contribution in [0.15, 0.2) is 12.5 Å². The quantitative estimate of drug-likeness (QED) is 0.592. The fourth-order valence-electron chi connectivity index (χ4n) is 3.57. The van der Waals surface area contributed by atoms with Gasteiger partial charge in [-0.3, -0.25) is 9.59 Å². The highest BCUT2D eigenvalue weighted by Gasteiger charge is 2.48. The number of aromatic nitrogens is 2. The third kappa shape index (κ3) is 4.80. The maximum absolute atomic E-state index is 12.1. The van der Waals surface area contributed by atoms with Crippen molar-refractivity contribution in [3.05, 3.63) is 18.2 Å². The fourth-order valence-corrected chi connectivity index (χ4v) is 3.57. The van der Waals surface area contributed by atoms with Crippen molar-refractivity contribution < 1.29 is 9.59 Å². The van der Waals surface area contributed by atoms with E-state index in [1.165, 1.54) is 51.0 Å². The van der Waals surface area contributed by atoms with Crippen LogP contribution in [-0.4, -0.2) is 28.2 Å². The van der Waals surface area contributed by atoms with Crippen LogP contribution >= 0.6 is 12.4 Å². The highest BCUT2D eigenvalue weighted by Crippen LogP contribution is 2.40. The Morgan fingerprint density at radius 2 is 2.00 bits per heavy atom. The van der Waals surface area contributed by atoms with Crippen molar-refractivity contribution in [1.82, 2.24) is 15.3 Å². The van der Waals surface area contributed by atoms with Crippen molar-refractivity contribution in [2.75, 3.05) is 6.54 Å². The van der Waals surface area contributed by atoms with E-state index in [-0.39, 0.29) is 35.9 Å². The second-order valence-corrected chi connectivity index (χ2v) is 6.72. The highest BCUT2D eigenvalue weighted by atomic mass is 35.5. The summed E-state index contributed by atoms with van der Waals surface area (Å²) in [6.45, 7) is 0.747. The molecule has 0 aliphatic heterocycles. The maximum atomic E-state index is 12.1. The van der Waals surface area contributed by atoms with Crippen LogP contribution < -0.4 is 5.32 Å². The summed E-state index contributed by atoms with van der Waals surface area (Å²) >= 11 is 0. The molecule has 2 saturated carbocycles. The number of hydrogen-bond donors (Lipinski definition) is 2. The number of nitrogens with one attached hydrogen (secondary N) is 2. The minimum absolute atomic E-state index is 0. The zero-order valence-corrected chi connectivity index (χ0v) is 14.2. The Bertz CT molecular complexity index is 512. The molecule has 0 bridgehead atoms. The third-order valence-electron chi connectivity index (χ3n) is 5.04. The molecule has 128 valence electrons. The van der Waals surface area contributed by atoms with E-state index in [4.69, 9.17) is 0 Å². The molecule has 3 rings (SSSR count). The van der Waals surface area contributed by atoms with Crippen molar-refractivity contribution in [2.45, 2.75) is 51.4 Å². The van der Waals surface area contributed by atoms with E-state index in [1.54, 1.807) is 0 Å². The molecule has 0 aromatic carbocycles. The summed E-state index contributed by atoms with van der Waals surface area (Å²) in [5.74, 6) is 0.631. The van der Waals surface area contributed by atoms with Gasteiger partial charge in [0.25, 0.3) is 0 Å². The first kappa shape index (κ1) is 18.0. The Morgan fingerprint density at radius 1 is 1.22 bits per heavy atom. The molecule has 0 unspecified atom stereocenters. The largest absolute Gasteiger partial charge is 0.356 e. The molecule has 2 fully saturated rings. The number of imidazole rings is 1. The van der Waals surface area contributed by atoms with Gasteiger partial charge >= 0.3 is 0 Å². The second-order valence-electron chi connectivity index (χ2n) is 6.72. The van der Waals surface area contributed by atoms with Crippen molar-refractivity contribution in [2.24, 2.45) is 17.8 Å². The summed E-state index contributed by atoms with van der Waals surface area (Å²) in [4.78, 5) is 30.8. The topological polar surface area (TPSA) is 74.8 Å². The van der Waals surface area contributed by atoms with Crippen LogP contribution in [-0.2, 0) is 4.79 Å². The lowest BCUT2D eigenvalue weighted by Crippen LogP contribution is -2.27. The van der Waals surface area contributed by atoms with Crippen molar-refractivity contribution in [3.63, 3.8) is 0 Å². The monoisotopic (exact) mass is 339 g/mol. The second kappa shape index (κ2) is 8.48. The van der Waals surface area contributed by atoms with Gasteiger partial charge in [-0.1, -0.05) is 32.1 Å². The Morgan fingerprint density at radius 3 is 2.70 bits per heavy atom. The molecule has 0 radical (unpaired) electrons. The fraction of sp³-hybridized carbons (Fsp3) is 0.706. The lowest BCUT2D eigenvalue weighted by Gasteiger charge is -2.21. The smallest absolute Gasteiger partial charge is 0.223 e. The van der Waals surface area contributed by atoms with Gasteiger partial charge in [0.15, 0.2) is 5.78 Å². The van der Waals surface area contributed by atoms with Crippen molar-refractivity contribution in [3.8, 4) is 0 Å². The minimum Gasteiger partial charge on any atom is -0.356 e. The number of rotatable bonds is 7. The van der Waals surface area contributed by atoms with Crippen LogP contribution in [0, 0.1) is 17.8 Å². The lowest BCUT2D eigenvalue weighted by molar-refractivity contribution is -0.122. The van der Waals surface area contributed by atoms with Gasteiger partial charge in [0.1, 0.15) is 5.69 Å². The number of Topliss-reactive ketones (excluding diaryl/α,β-unsaturated/α-hetero) is 1. The van der Waals surface area contributed by atoms with Gasteiger partial charge in [0, 0.05) is 18.4 Å². The van der Waals surface area contributed by atoms with Gasteiger partial charge in [-0.15, -0.1) is 12.4 Å². The molecule has 23 heavy (non-hydrogen) atoms. The number of hydrogen-bond acceptors (Lipinski definition) is 3. The van der Waals surface area contributed by atoms with E-state index in [9.17, 15) is 9.59 Å². The third-order valence-corrected chi connectivity index (χ3v) is 5.04. The molecule has 2 N–H and O–H groups in total. The van der Waals surface area contributed by atoms with Crippen molar-refractivity contribution in [1.29, 1.82) is 0 Å². The minimum atomic E-state index is -0.154. The van der Waals surface area contributed by atoms with Gasteiger partial charge in [-0.2, -0.15) is 0 Å². The average molecular weight is 340 g/mol. The number of ketones is 1. The van der Waals surface area contributed by atoms with Crippen LogP contribution in [0.2, 0.25) is 0 Å². The molecule has 1 amide bonds. The van der Waals surface area contributed by atoms with Gasteiger partial charge in [-0.25, -0.2) is 4.98 Å². The molecule has 0 saturated heterocycles. The van der Waals surface area contributed by atoms with Gasteiger partial charge < -0.3 is 10.3 Å². The Hall–Kier alpha value is -1.36. The van der Waals surface area contributed by atoms with Crippen LogP contribution in [0.3, 0.4) is 0 Å². The molecule has 2 aliphatic rings. The van der Waals surface area contributed by atoms with Crippen LogP contribution in [0.25, 0.3) is 0 Å². The van der Waals surface area contributed by atoms with Crippen molar-refractivity contribution >= 4 is 24.1 Å². The number of amides is 1. The molecule has 1 aromatic rings.